The molecule has 0 saturated carbocycles. The summed E-state index contributed by atoms with van der Waals surface area (Å²) in [6.45, 7) is -6.52. The van der Waals surface area contributed by atoms with E-state index in [1.165, 1.54) is 0 Å². The van der Waals surface area contributed by atoms with Crippen LogP contribution in [0.3, 0.4) is 0 Å². The SMILES string of the molecule is O=S(=O)([N-]S(=O)(=O)C(F)(F)C(F)(F)C(F)(F)S(=O)(=O)N1CCN(CC(F)(F)F)CC1)C(F)(F)F. The molecule has 0 aromatic rings. The van der Waals surface area contributed by atoms with Gasteiger partial charge in [-0.05, 0) is 0 Å². The molecule has 0 N–H and O–H groups in total. The number of nitrogens with zero attached hydrogens (tertiary/aromatic N) is 3. The summed E-state index contributed by atoms with van der Waals surface area (Å²) in [6, 6.07) is 0. The maximum absolute atomic E-state index is 14.1. The average molecular weight is 592 g/mol. The zero-order valence-electron chi connectivity index (χ0n) is 15.6. The number of halogens is 12. The van der Waals surface area contributed by atoms with E-state index in [0.29, 0.717) is 9.03 Å². The minimum Gasteiger partial charge on any atom is -0.423 e. The molecule has 1 aliphatic rings. The van der Waals surface area contributed by atoms with Crippen LogP contribution in [-0.4, -0.2) is 95.3 Å². The summed E-state index contributed by atoms with van der Waals surface area (Å²) in [5.74, 6) is -7.62. The number of hydrogen-bond acceptors (Lipinski definition) is 7. The molecule has 0 aromatic heterocycles. The zero-order valence-corrected chi connectivity index (χ0v) is 18.0. The molecule has 0 bridgehead atoms. The van der Waals surface area contributed by atoms with Crippen molar-refractivity contribution in [1.29, 1.82) is 0 Å². The van der Waals surface area contributed by atoms with Crippen molar-refractivity contribution < 1.29 is 77.9 Å². The quantitative estimate of drug-likeness (QED) is 0.395. The minimum atomic E-state index is -8.02. The molecule has 0 aliphatic carbocycles. The van der Waals surface area contributed by atoms with Crippen LogP contribution in [0.15, 0.2) is 0 Å². The van der Waals surface area contributed by atoms with Gasteiger partial charge in [0.2, 0.25) is 0 Å². The van der Waals surface area contributed by atoms with Gasteiger partial charge in [-0.2, -0.15) is 57.0 Å². The fourth-order valence-corrected chi connectivity index (χ4v) is 5.94. The average Bonchev–Trinajstić information content (AvgIpc) is 2.58. The largest absolute Gasteiger partial charge is 0.480 e. The molecule has 1 aliphatic heterocycles. The first-order valence-corrected chi connectivity index (χ1v) is 12.2. The second-order valence-electron chi connectivity index (χ2n) is 6.37. The van der Waals surface area contributed by atoms with Crippen LogP contribution in [-0.2, 0) is 30.1 Å². The Morgan fingerprint density at radius 3 is 1.38 bits per heavy atom. The first-order chi connectivity index (χ1) is 14.6. The Morgan fingerprint density at radius 2 is 1.03 bits per heavy atom. The van der Waals surface area contributed by atoms with E-state index in [-0.39, 0.29) is 0 Å². The van der Waals surface area contributed by atoms with Crippen molar-refractivity contribution in [2.75, 3.05) is 32.7 Å². The lowest BCUT2D eigenvalue weighted by atomic mass is 10.3. The molecule has 1 saturated heterocycles. The molecule has 0 atom stereocenters. The molecule has 0 amide bonds. The molecule has 34 heavy (non-hydrogen) atoms. The minimum absolute atomic E-state index is 0.419. The molecule has 0 unspecified atom stereocenters. The molecule has 9 nitrogen and oxygen atoms in total. The lowest BCUT2D eigenvalue weighted by Crippen LogP contribution is -2.64. The van der Waals surface area contributed by atoms with Crippen LogP contribution in [0.25, 0.3) is 4.13 Å². The van der Waals surface area contributed by atoms with Crippen molar-refractivity contribution >= 4 is 30.1 Å². The standard InChI is InChI=1S/C10H10F12N3O6S3/c11-6(12,13)5-24-1-3-25(4-2-24)34(30,31)9(18,19)7(14,15)8(16,17)32(26,27)23-33(28,29)10(20,21)22/h1-5H2/q-1. The number of piperazine rings is 1. The third-order valence-corrected chi connectivity index (χ3v) is 8.95. The molecule has 24 heteroatoms. The first kappa shape index (κ1) is 30.9. The second-order valence-corrected chi connectivity index (χ2v) is 11.8. The summed E-state index contributed by atoms with van der Waals surface area (Å²) in [5.41, 5.74) is -6.75. The molecule has 0 spiro atoms. The van der Waals surface area contributed by atoms with Crippen LogP contribution in [0.1, 0.15) is 0 Å². The van der Waals surface area contributed by atoms with Gasteiger partial charge in [-0.1, -0.05) is 0 Å². The van der Waals surface area contributed by atoms with Crippen molar-refractivity contribution in [3.8, 4) is 0 Å². The van der Waals surface area contributed by atoms with Gasteiger partial charge in [-0.25, -0.2) is 25.3 Å². The van der Waals surface area contributed by atoms with Gasteiger partial charge in [0.15, 0.2) is 20.0 Å². The van der Waals surface area contributed by atoms with E-state index in [4.69, 9.17) is 0 Å². The van der Waals surface area contributed by atoms with Crippen LogP contribution in [0.4, 0.5) is 52.7 Å². The van der Waals surface area contributed by atoms with Gasteiger partial charge in [0.25, 0.3) is 10.0 Å². The summed E-state index contributed by atoms with van der Waals surface area (Å²) in [6.07, 6.45) is -4.85. The van der Waals surface area contributed by atoms with E-state index in [2.05, 4.69) is 0 Å². The van der Waals surface area contributed by atoms with Crippen LogP contribution in [0, 0.1) is 0 Å². The summed E-state index contributed by atoms with van der Waals surface area (Å²) >= 11 is 0. The van der Waals surface area contributed by atoms with E-state index in [0.717, 1.165) is 0 Å². The monoisotopic (exact) mass is 592 g/mol. The molecule has 1 fully saturated rings. The Kier molecular flexibility index (Phi) is 7.98. The molecule has 0 aromatic carbocycles. The third-order valence-electron chi connectivity index (χ3n) is 3.94. The summed E-state index contributed by atoms with van der Waals surface area (Å²) < 4.78 is 224. The maximum atomic E-state index is 14.1. The molecule has 204 valence electrons. The van der Waals surface area contributed by atoms with Gasteiger partial charge < -0.3 is 4.13 Å². The van der Waals surface area contributed by atoms with Gasteiger partial charge in [-0.3, -0.25) is 4.90 Å². The normalized spacial score (nSPS) is 19.4. The Bertz CT molecular complexity index is 1080. The Hall–Kier alpha value is -1.11. The van der Waals surface area contributed by atoms with Gasteiger partial charge in [0, 0.05) is 26.2 Å². The van der Waals surface area contributed by atoms with Crippen molar-refractivity contribution in [3.63, 3.8) is 0 Å². The van der Waals surface area contributed by atoms with Gasteiger partial charge in [0.05, 0.1) is 6.54 Å². The fourth-order valence-electron chi connectivity index (χ4n) is 2.26. The molecule has 0 radical (unpaired) electrons. The summed E-state index contributed by atoms with van der Waals surface area (Å²) in [4.78, 5) is 0.419. The summed E-state index contributed by atoms with van der Waals surface area (Å²) in [5, 5.41) is -14.7. The Balaban J connectivity index is 3.31. The molecule has 1 heterocycles. The van der Waals surface area contributed by atoms with Gasteiger partial charge >= 0.3 is 28.1 Å². The first-order valence-electron chi connectivity index (χ1n) is 7.86. The maximum Gasteiger partial charge on any atom is 0.480 e. The number of alkyl halides is 12. The van der Waals surface area contributed by atoms with E-state index < -0.39 is 95.2 Å². The predicted octanol–water partition coefficient (Wildman–Crippen LogP) is 1.87. The van der Waals surface area contributed by atoms with E-state index in [1.807, 2.05) is 0 Å². The lowest BCUT2D eigenvalue weighted by Gasteiger charge is -2.39. The van der Waals surface area contributed by atoms with Crippen molar-refractivity contribution in [3.05, 3.63) is 4.13 Å². The molecular weight excluding hydrogens is 582 g/mol. The number of rotatable bonds is 8. The smallest absolute Gasteiger partial charge is 0.423 e. The zero-order chi connectivity index (χ0) is 27.4. The van der Waals surface area contributed by atoms with E-state index in [1.54, 1.807) is 0 Å². The predicted molar refractivity (Wildman–Crippen MR) is 85.1 cm³/mol. The van der Waals surface area contributed by atoms with Gasteiger partial charge in [0.1, 0.15) is 0 Å². The molecule has 1 rings (SSSR count). The van der Waals surface area contributed by atoms with E-state index >= 15 is 0 Å². The van der Waals surface area contributed by atoms with Crippen LogP contribution >= 0.6 is 0 Å². The highest BCUT2D eigenvalue weighted by molar-refractivity contribution is 8.13. The third kappa shape index (κ3) is 5.49. The van der Waals surface area contributed by atoms with Crippen molar-refractivity contribution in [2.24, 2.45) is 0 Å². The summed E-state index contributed by atoms with van der Waals surface area (Å²) in [7, 11) is -22.5. The van der Waals surface area contributed by atoms with Crippen LogP contribution in [0.2, 0.25) is 0 Å². The van der Waals surface area contributed by atoms with Crippen molar-refractivity contribution in [1.82, 2.24) is 9.21 Å². The van der Waals surface area contributed by atoms with Gasteiger partial charge in [-0.15, -0.1) is 0 Å². The van der Waals surface area contributed by atoms with Crippen molar-refractivity contribution in [2.45, 2.75) is 28.1 Å². The highest BCUT2D eigenvalue weighted by Gasteiger charge is 2.81. The number of hydrogen-bond donors (Lipinski definition) is 0. The number of sulfonamides is 3. The van der Waals surface area contributed by atoms with E-state index in [9.17, 15) is 77.9 Å². The topological polar surface area (TPSA) is 123 Å². The Labute approximate surface area is 182 Å². The molecular formula is C10H10F12N3O6S3-. The fraction of sp³-hybridized carbons (Fsp3) is 1.00. The highest BCUT2D eigenvalue weighted by Crippen LogP contribution is 2.53. The Morgan fingerprint density at radius 1 is 0.618 bits per heavy atom. The van der Waals surface area contributed by atoms with Crippen LogP contribution < -0.4 is 0 Å². The lowest BCUT2D eigenvalue weighted by molar-refractivity contribution is -0.244. The second kappa shape index (κ2) is 8.77. The highest BCUT2D eigenvalue weighted by atomic mass is 32.3. The van der Waals surface area contributed by atoms with Crippen LogP contribution in [0.5, 0.6) is 0 Å².